The Kier molecular flexibility index (Phi) is 5.90. The summed E-state index contributed by atoms with van der Waals surface area (Å²) in [6.45, 7) is 0. The summed E-state index contributed by atoms with van der Waals surface area (Å²) in [6, 6.07) is -2.63. The lowest BCUT2D eigenvalue weighted by atomic mass is 10.1. The van der Waals surface area contributed by atoms with Gasteiger partial charge in [-0.3, -0.25) is 0 Å². The van der Waals surface area contributed by atoms with Crippen LogP contribution in [0.2, 0.25) is 0 Å². The van der Waals surface area contributed by atoms with E-state index in [-0.39, 0.29) is 0 Å². The molecule has 0 unspecified atom stereocenters. The third-order valence-corrected chi connectivity index (χ3v) is 6.45. The van der Waals surface area contributed by atoms with Crippen LogP contribution < -0.4 is 3.71 Å². The predicted octanol–water partition coefficient (Wildman–Crippen LogP) is 4.23. The zero-order valence-corrected chi connectivity index (χ0v) is 14.3. The molecule has 0 bridgehead atoms. The molecular formula is C10H3F12NO4S2. The number of nitrogens with zero attached hydrogens (tertiary/aromatic N) is 1. The first-order chi connectivity index (χ1) is 12.4. The minimum Gasteiger partial charge on any atom is -0.196 e. The van der Waals surface area contributed by atoms with Crippen molar-refractivity contribution >= 4 is 25.7 Å². The molecule has 29 heavy (non-hydrogen) atoms. The molecule has 0 fully saturated rings. The van der Waals surface area contributed by atoms with Crippen LogP contribution in [0, 0.1) is 0 Å². The minimum absolute atomic E-state index is 0.776. The molecule has 0 amide bonds. The molecule has 0 aliphatic rings. The van der Waals surface area contributed by atoms with Gasteiger partial charge in [0.2, 0.25) is 0 Å². The van der Waals surface area contributed by atoms with Gasteiger partial charge in [0, 0.05) is 0 Å². The van der Waals surface area contributed by atoms with Gasteiger partial charge in [0.1, 0.15) is 0 Å². The molecule has 0 heterocycles. The molecule has 0 spiro atoms. The Labute approximate surface area is 152 Å². The summed E-state index contributed by atoms with van der Waals surface area (Å²) in [5, 5.41) is 0. The van der Waals surface area contributed by atoms with E-state index in [9.17, 15) is 69.5 Å². The van der Waals surface area contributed by atoms with E-state index in [2.05, 4.69) is 0 Å². The molecule has 0 aromatic heterocycles. The largest absolute Gasteiger partial charge is 0.517 e. The number of rotatable bonds is 3. The summed E-state index contributed by atoms with van der Waals surface area (Å²) >= 11 is 0. The fourth-order valence-corrected chi connectivity index (χ4v) is 4.32. The van der Waals surface area contributed by atoms with Crippen molar-refractivity contribution in [3.63, 3.8) is 0 Å². The van der Waals surface area contributed by atoms with E-state index in [1.807, 2.05) is 0 Å². The second-order valence-electron chi connectivity index (χ2n) is 4.86. The second kappa shape index (κ2) is 6.81. The first-order valence-corrected chi connectivity index (χ1v) is 9.04. The van der Waals surface area contributed by atoms with Crippen molar-refractivity contribution in [1.29, 1.82) is 0 Å². The van der Waals surface area contributed by atoms with Gasteiger partial charge in [0.05, 0.1) is 16.8 Å². The summed E-state index contributed by atoms with van der Waals surface area (Å²) in [5.74, 6) is 0. The Morgan fingerprint density at radius 2 is 0.828 bits per heavy atom. The van der Waals surface area contributed by atoms with Crippen LogP contribution in [-0.4, -0.2) is 27.9 Å². The highest BCUT2D eigenvalue weighted by atomic mass is 32.3. The number of hydrogen-bond acceptors (Lipinski definition) is 4. The Balaban J connectivity index is 4.13. The van der Waals surface area contributed by atoms with Crippen LogP contribution in [0.5, 0.6) is 0 Å². The van der Waals surface area contributed by atoms with Crippen LogP contribution in [0.4, 0.5) is 58.4 Å². The lowest BCUT2D eigenvalue weighted by Crippen LogP contribution is -2.49. The minimum atomic E-state index is -7.67. The van der Waals surface area contributed by atoms with Gasteiger partial charge in [0.25, 0.3) is 0 Å². The Morgan fingerprint density at radius 3 is 1.03 bits per heavy atom. The molecule has 0 radical (unpaired) electrons. The highest BCUT2D eigenvalue weighted by Crippen LogP contribution is 2.43. The van der Waals surface area contributed by atoms with Crippen molar-refractivity contribution in [1.82, 2.24) is 0 Å². The molecule has 1 aromatic rings. The van der Waals surface area contributed by atoms with E-state index in [0.29, 0.717) is 0 Å². The van der Waals surface area contributed by atoms with Gasteiger partial charge in [-0.05, 0) is 18.2 Å². The van der Waals surface area contributed by atoms with Crippen molar-refractivity contribution in [3.8, 4) is 0 Å². The van der Waals surface area contributed by atoms with E-state index in [1.165, 1.54) is 0 Å². The third-order valence-electron chi connectivity index (χ3n) is 2.80. The molecular weight excluding hydrogens is 490 g/mol. The fraction of sp³-hybridized carbons (Fsp3) is 0.400. The van der Waals surface area contributed by atoms with Gasteiger partial charge >= 0.3 is 43.4 Å². The van der Waals surface area contributed by atoms with Crippen LogP contribution >= 0.6 is 0 Å². The van der Waals surface area contributed by atoms with Crippen molar-refractivity contribution in [2.75, 3.05) is 3.71 Å². The number of anilines is 1. The van der Waals surface area contributed by atoms with Crippen molar-refractivity contribution in [3.05, 3.63) is 29.3 Å². The number of halogens is 12. The fourth-order valence-electron chi connectivity index (χ4n) is 1.64. The van der Waals surface area contributed by atoms with Crippen LogP contribution in [0.3, 0.4) is 0 Å². The molecule has 1 rings (SSSR count). The molecule has 1 aromatic carbocycles. The number of sulfonamides is 2. The van der Waals surface area contributed by atoms with E-state index in [1.54, 1.807) is 0 Å². The normalized spacial score (nSPS) is 14.8. The first kappa shape index (κ1) is 25.1. The van der Waals surface area contributed by atoms with Crippen LogP contribution in [0.1, 0.15) is 11.1 Å². The van der Waals surface area contributed by atoms with Crippen LogP contribution in [0.25, 0.3) is 0 Å². The number of benzene rings is 1. The topological polar surface area (TPSA) is 71.5 Å². The van der Waals surface area contributed by atoms with E-state index in [4.69, 9.17) is 0 Å². The molecule has 5 nitrogen and oxygen atoms in total. The summed E-state index contributed by atoms with van der Waals surface area (Å²) in [7, 11) is -15.3. The second-order valence-corrected chi connectivity index (χ2v) is 8.65. The lowest BCUT2D eigenvalue weighted by molar-refractivity contribution is -0.143. The maximum absolute atomic E-state index is 12.7. The average molecular weight is 493 g/mol. The monoisotopic (exact) mass is 493 g/mol. The average Bonchev–Trinajstić information content (AvgIpc) is 2.42. The molecule has 0 aliphatic carbocycles. The molecule has 0 aliphatic heterocycles. The van der Waals surface area contributed by atoms with Gasteiger partial charge in [-0.25, -0.2) is 0 Å². The smallest absolute Gasteiger partial charge is 0.196 e. The zero-order valence-electron chi connectivity index (χ0n) is 12.7. The highest BCUT2D eigenvalue weighted by Gasteiger charge is 2.62. The van der Waals surface area contributed by atoms with E-state index < -0.39 is 82.1 Å². The number of alkyl halides is 12. The van der Waals surface area contributed by atoms with Crippen molar-refractivity contribution in [2.24, 2.45) is 0 Å². The first-order valence-electron chi connectivity index (χ1n) is 6.16. The van der Waals surface area contributed by atoms with Gasteiger partial charge < -0.3 is 0 Å². The van der Waals surface area contributed by atoms with Crippen LogP contribution in [-0.2, 0) is 32.4 Å². The SMILES string of the molecule is O=S(=O)(N(c1cc(C(F)(F)F)cc(C(F)(F)F)c1)S(=O)(=O)C(F)(F)F)C(F)(F)F. The van der Waals surface area contributed by atoms with E-state index in [0.717, 1.165) is 0 Å². The Hall–Kier alpha value is -1.92. The van der Waals surface area contributed by atoms with Crippen molar-refractivity contribution in [2.45, 2.75) is 23.4 Å². The standard InChI is InChI=1S/C10H3F12NO4S2/c11-7(12,13)4-1-5(8(14,15)16)3-6(2-4)23(28(24,25)9(17,18)19)29(26,27)10(20,21)22/h1-3H. The Morgan fingerprint density at radius 1 is 0.552 bits per heavy atom. The van der Waals surface area contributed by atoms with Crippen LogP contribution in [0.15, 0.2) is 18.2 Å². The maximum Gasteiger partial charge on any atom is 0.517 e. The van der Waals surface area contributed by atoms with Crippen molar-refractivity contribution < 1.29 is 69.5 Å². The van der Waals surface area contributed by atoms with Gasteiger partial charge in [0.15, 0.2) is 0 Å². The maximum atomic E-state index is 12.7. The Bertz CT molecular complexity index is 909. The van der Waals surface area contributed by atoms with Gasteiger partial charge in [-0.15, -0.1) is 3.71 Å². The lowest BCUT2D eigenvalue weighted by Gasteiger charge is -2.26. The summed E-state index contributed by atoms with van der Waals surface area (Å²) in [4.78, 5) is 0. The third kappa shape index (κ3) is 4.81. The number of hydrogen-bond donors (Lipinski definition) is 0. The predicted molar refractivity (Wildman–Crippen MR) is 68.9 cm³/mol. The highest BCUT2D eigenvalue weighted by molar-refractivity contribution is 8.11. The molecule has 19 heteroatoms. The molecule has 168 valence electrons. The quantitative estimate of drug-likeness (QED) is 0.592. The molecule has 0 N–H and O–H groups in total. The molecule has 0 atom stereocenters. The summed E-state index contributed by atoms with van der Waals surface area (Å²) in [6.07, 6.45) is -11.7. The summed E-state index contributed by atoms with van der Waals surface area (Å²) in [5.41, 5.74) is -21.5. The molecule has 0 saturated carbocycles. The van der Waals surface area contributed by atoms with Gasteiger partial charge in [-0.2, -0.15) is 69.5 Å². The zero-order chi connectivity index (χ0) is 23.4. The van der Waals surface area contributed by atoms with E-state index >= 15 is 0 Å². The summed E-state index contributed by atoms with van der Waals surface area (Å²) < 4.78 is 195. The molecule has 0 saturated heterocycles. The van der Waals surface area contributed by atoms with Gasteiger partial charge in [-0.1, -0.05) is 0 Å².